The highest BCUT2D eigenvalue weighted by atomic mass is 16.5. The van der Waals surface area contributed by atoms with Gasteiger partial charge in [-0.25, -0.2) is 4.79 Å². The zero-order chi connectivity index (χ0) is 13.8. The van der Waals surface area contributed by atoms with Crippen molar-refractivity contribution in [1.82, 2.24) is 0 Å². The number of ether oxygens (including phenoxy) is 2. The number of benzene rings is 1. The van der Waals surface area contributed by atoms with E-state index >= 15 is 0 Å². The van der Waals surface area contributed by atoms with Crippen molar-refractivity contribution in [3.05, 3.63) is 35.6 Å². The van der Waals surface area contributed by atoms with Crippen molar-refractivity contribution in [2.24, 2.45) is 0 Å². The molecule has 19 heavy (non-hydrogen) atoms. The molecule has 0 amide bonds. The van der Waals surface area contributed by atoms with Crippen LogP contribution in [0, 0.1) is 0 Å². The lowest BCUT2D eigenvalue weighted by Crippen LogP contribution is -2.15. The van der Waals surface area contributed by atoms with Crippen LogP contribution in [-0.4, -0.2) is 30.9 Å². The highest BCUT2D eigenvalue weighted by molar-refractivity contribution is 5.94. The largest absolute Gasteiger partial charge is 0.475 e. The van der Waals surface area contributed by atoms with E-state index in [9.17, 15) is 4.79 Å². The van der Waals surface area contributed by atoms with Crippen LogP contribution in [0.2, 0.25) is 0 Å². The molecule has 5 nitrogen and oxygen atoms in total. The summed E-state index contributed by atoms with van der Waals surface area (Å²) in [5.41, 5.74) is 1.11. The molecule has 0 aliphatic rings. The molecule has 0 bridgehead atoms. The van der Waals surface area contributed by atoms with Crippen LogP contribution < -0.4 is 0 Å². The SMILES string of the molecule is COCC(C)OCc1c(C(=O)O)oc2ccccc12. The molecule has 0 spiro atoms. The van der Waals surface area contributed by atoms with Crippen LogP contribution in [-0.2, 0) is 16.1 Å². The number of hydrogen-bond acceptors (Lipinski definition) is 4. The standard InChI is InChI=1S/C14H16O5/c1-9(7-17-2)18-8-11-10-5-3-4-6-12(10)19-13(11)14(15)16/h3-6,9H,7-8H2,1-2H3,(H,15,16). The number of para-hydroxylation sites is 1. The topological polar surface area (TPSA) is 68.9 Å². The third-order valence-corrected chi connectivity index (χ3v) is 2.81. The quantitative estimate of drug-likeness (QED) is 0.868. The number of hydrogen-bond donors (Lipinski definition) is 1. The van der Waals surface area contributed by atoms with Crippen molar-refractivity contribution in [3.63, 3.8) is 0 Å². The predicted octanol–water partition coefficient (Wildman–Crippen LogP) is 2.68. The lowest BCUT2D eigenvalue weighted by molar-refractivity contribution is -0.000463. The number of furan rings is 1. The number of carbonyl (C=O) groups is 1. The molecule has 1 aromatic heterocycles. The van der Waals surface area contributed by atoms with Crippen molar-refractivity contribution in [2.75, 3.05) is 13.7 Å². The van der Waals surface area contributed by atoms with Gasteiger partial charge in [0.1, 0.15) is 5.58 Å². The summed E-state index contributed by atoms with van der Waals surface area (Å²) in [6.07, 6.45) is -0.111. The van der Waals surface area contributed by atoms with E-state index in [1.165, 1.54) is 0 Å². The minimum atomic E-state index is -1.09. The van der Waals surface area contributed by atoms with Gasteiger partial charge in [0.05, 0.1) is 19.3 Å². The zero-order valence-electron chi connectivity index (χ0n) is 10.9. The Kier molecular flexibility index (Phi) is 4.19. The van der Waals surface area contributed by atoms with Gasteiger partial charge in [-0.1, -0.05) is 18.2 Å². The maximum absolute atomic E-state index is 11.2. The van der Waals surface area contributed by atoms with Gasteiger partial charge < -0.3 is 19.0 Å². The van der Waals surface area contributed by atoms with Crippen LogP contribution >= 0.6 is 0 Å². The Balaban J connectivity index is 2.29. The maximum Gasteiger partial charge on any atom is 0.372 e. The number of aromatic carboxylic acids is 1. The summed E-state index contributed by atoms with van der Waals surface area (Å²) in [4.78, 5) is 11.2. The molecule has 1 unspecified atom stereocenters. The molecule has 5 heteroatoms. The van der Waals surface area contributed by atoms with Gasteiger partial charge >= 0.3 is 5.97 Å². The van der Waals surface area contributed by atoms with Crippen LogP contribution in [0.1, 0.15) is 23.0 Å². The van der Waals surface area contributed by atoms with Crippen molar-refractivity contribution in [3.8, 4) is 0 Å². The minimum absolute atomic E-state index is 0.0641. The Morgan fingerprint density at radius 3 is 2.84 bits per heavy atom. The molecule has 0 saturated carbocycles. The average Bonchev–Trinajstić information content (AvgIpc) is 2.75. The molecule has 1 N–H and O–H groups in total. The molecular formula is C14H16O5. The summed E-state index contributed by atoms with van der Waals surface area (Å²) in [5, 5.41) is 9.93. The lowest BCUT2D eigenvalue weighted by Gasteiger charge is -2.11. The second kappa shape index (κ2) is 5.86. The molecule has 1 atom stereocenters. The van der Waals surface area contributed by atoms with Gasteiger partial charge in [0.2, 0.25) is 5.76 Å². The molecule has 102 valence electrons. The third kappa shape index (κ3) is 2.94. The molecule has 0 fully saturated rings. The molecule has 2 aromatic rings. The Hall–Kier alpha value is -1.85. The average molecular weight is 264 g/mol. The summed E-state index contributed by atoms with van der Waals surface area (Å²) < 4.78 is 15.9. The molecule has 2 rings (SSSR count). The Morgan fingerprint density at radius 1 is 1.42 bits per heavy atom. The highest BCUT2D eigenvalue weighted by Gasteiger charge is 2.20. The van der Waals surface area contributed by atoms with Crippen LogP contribution in [0.4, 0.5) is 0 Å². The van der Waals surface area contributed by atoms with E-state index in [1.54, 1.807) is 19.2 Å². The lowest BCUT2D eigenvalue weighted by atomic mass is 10.1. The van der Waals surface area contributed by atoms with E-state index in [0.717, 1.165) is 5.39 Å². The third-order valence-electron chi connectivity index (χ3n) is 2.81. The zero-order valence-corrected chi connectivity index (χ0v) is 10.9. The second-order valence-electron chi connectivity index (χ2n) is 4.29. The van der Waals surface area contributed by atoms with E-state index in [4.69, 9.17) is 19.0 Å². The van der Waals surface area contributed by atoms with Gasteiger partial charge in [-0.05, 0) is 13.0 Å². The number of rotatable bonds is 6. The summed E-state index contributed by atoms with van der Waals surface area (Å²) in [6.45, 7) is 2.51. The van der Waals surface area contributed by atoms with Crippen molar-refractivity contribution in [1.29, 1.82) is 0 Å². The molecule has 1 heterocycles. The van der Waals surface area contributed by atoms with Gasteiger partial charge in [-0.3, -0.25) is 0 Å². The Morgan fingerprint density at radius 2 is 2.16 bits per heavy atom. The molecule has 0 aliphatic carbocycles. The number of carboxylic acid groups (broad SMARTS) is 1. The van der Waals surface area contributed by atoms with Crippen LogP contribution in [0.5, 0.6) is 0 Å². The van der Waals surface area contributed by atoms with Crippen molar-refractivity contribution >= 4 is 16.9 Å². The van der Waals surface area contributed by atoms with E-state index < -0.39 is 5.97 Å². The van der Waals surface area contributed by atoms with Gasteiger partial charge in [-0.2, -0.15) is 0 Å². The fourth-order valence-corrected chi connectivity index (χ4v) is 1.92. The fraction of sp³-hybridized carbons (Fsp3) is 0.357. The summed E-state index contributed by atoms with van der Waals surface area (Å²) in [7, 11) is 1.59. The summed E-state index contributed by atoms with van der Waals surface area (Å²) in [5.74, 6) is -1.15. The molecular weight excluding hydrogens is 248 g/mol. The summed E-state index contributed by atoms with van der Waals surface area (Å²) >= 11 is 0. The summed E-state index contributed by atoms with van der Waals surface area (Å²) in [6, 6.07) is 7.20. The first-order valence-electron chi connectivity index (χ1n) is 5.97. The maximum atomic E-state index is 11.2. The Labute approximate surface area is 110 Å². The molecule has 0 radical (unpaired) electrons. The van der Waals surface area contributed by atoms with Crippen LogP contribution in [0.15, 0.2) is 28.7 Å². The molecule has 0 saturated heterocycles. The first-order chi connectivity index (χ1) is 9.13. The second-order valence-corrected chi connectivity index (χ2v) is 4.29. The Bertz CT molecular complexity index is 572. The number of carboxylic acids is 1. The highest BCUT2D eigenvalue weighted by Crippen LogP contribution is 2.26. The normalized spacial score (nSPS) is 12.7. The van der Waals surface area contributed by atoms with E-state index in [0.29, 0.717) is 17.8 Å². The van der Waals surface area contributed by atoms with E-state index in [2.05, 4.69) is 0 Å². The van der Waals surface area contributed by atoms with Gasteiger partial charge in [-0.15, -0.1) is 0 Å². The fourth-order valence-electron chi connectivity index (χ4n) is 1.92. The smallest absolute Gasteiger partial charge is 0.372 e. The van der Waals surface area contributed by atoms with Crippen LogP contribution in [0.25, 0.3) is 11.0 Å². The first kappa shape index (κ1) is 13.6. The van der Waals surface area contributed by atoms with Gasteiger partial charge in [0, 0.05) is 18.1 Å². The predicted molar refractivity (Wildman–Crippen MR) is 69.3 cm³/mol. The van der Waals surface area contributed by atoms with Gasteiger partial charge in [0.15, 0.2) is 0 Å². The van der Waals surface area contributed by atoms with E-state index in [-0.39, 0.29) is 18.5 Å². The molecule has 1 aromatic carbocycles. The van der Waals surface area contributed by atoms with Crippen molar-refractivity contribution < 1.29 is 23.8 Å². The van der Waals surface area contributed by atoms with Crippen LogP contribution in [0.3, 0.4) is 0 Å². The number of fused-ring (bicyclic) bond motifs is 1. The molecule has 0 aliphatic heterocycles. The van der Waals surface area contributed by atoms with E-state index in [1.807, 2.05) is 19.1 Å². The number of methoxy groups -OCH3 is 1. The first-order valence-corrected chi connectivity index (χ1v) is 5.97. The van der Waals surface area contributed by atoms with Crippen molar-refractivity contribution in [2.45, 2.75) is 19.6 Å². The van der Waals surface area contributed by atoms with Gasteiger partial charge in [0.25, 0.3) is 0 Å². The monoisotopic (exact) mass is 264 g/mol. The minimum Gasteiger partial charge on any atom is -0.475 e.